The molecule has 0 heterocycles. The molecule has 0 aliphatic carbocycles. The van der Waals surface area contributed by atoms with Gasteiger partial charge in [0.1, 0.15) is 0 Å². The summed E-state index contributed by atoms with van der Waals surface area (Å²) in [6, 6.07) is 8.47. The summed E-state index contributed by atoms with van der Waals surface area (Å²) >= 11 is 0. The zero-order chi connectivity index (χ0) is 12.0. The van der Waals surface area contributed by atoms with E-state index >= 15 is 0 Å². The summed E-state index contributed by atoms with van der Waals surface area (Å²) in [6.07, 6.45) is 1.35. The van der Waals surface area contributed by atoms with E-state index in [-0.39, 0.29) is 5.97 Å². The standard InChI is InChI=1S/C14H20O2/c1-4-16-14(15)10-7-12(3)13-8-5-11(2)6-9-13/h5-6,8-9,12H,4,7,10H2,1-3H3/t12-/m0/s1. The van der Waals surface area contributed by atoms with Gasteiger partial charge in [-0.15, -0.1) is 0 Å². The summed E-state index contributed by atoms with van der Waals surface area (Å²) in [7, 11) is 0. The first-order chi connectivity index (χ1) is 7.63. The number of carbonyl (C=O) groups is 1. The molecular weight excluding hydrogens is 200 g/mol. The molecule has 0 saturated heterocycles. The Labute approximate surface area is 97.6 Å². The van der Waals surface area contributed by atoms with E-state index < -0.39 is 0 Å². The molecule has 0 spiro atoms. The zero-order valence-electron chi connectivity index (χ0n) is 10.3. The maximum absolute atomic E-state index is 11.2. The lowest BCUT2D eigenvalue weighted by molar-refractivity contribution is -0.143. The number of ether oxygens (including phenoxy) is 1. The Morgan fingerprint density at radius 3 is 2.50 bits per heavy atom. The molecular formula is C14H20O2. The highest BCUT2D eigenvalue weighted by atomic mass is 16.5. The second-order valence-electron chi connectivity index (χ2n) is 4.16. The van der Waals surface area contributed by atoms with Crippen LogP contribution in [0.5, 0.6) is 0 Å². The van der Waals surface area contributed by atoms with Crippen LogP contribution >= 0.6 is 0 Å². The molecule has 88 valence electrons. The van der Waals surface area contributed by atoms with Crippen molar-refractivity contribution >= 4 is 5.97 Å². The van der Waals surface area contributed by atoms with Gasteiger partial charge in [-0.2, -0.15) is 0 Å². The van der Waals surface area contributed by atoms with Crippen molar-refractivity contribution in [2.75, 3.05) is 6.61 Å². The molecule has 0 unspecified atom stereocenters. The molecule has 0 aliphatic rings. The lowest BCUT2D eigenvalue weighted by Gasteiger charge is -2.11. The Bertz CT molecular complexity index is 327. The van der Waals surface area contributed by atoms with E-state index in [1.807, 2.05) is 6.92 Å². The Kier molecular flexibility index (Phi) is 5.03. The smallest absolute Gasteiger partial charge is 0.305 e. The Balaban J connectivity index is 2.43. The summed E-state index contributed by atoms with van der Waals surface area (Å²) in [4.78, 5) is 11.2. The van der Waals surface area contributed by atoms with E-state index in [1.54, 1.807) is 0 Å². The van der Waals surface area contributed by atoms with Crippen molar-refractivity contribution in [2.24, 2.45) is 0 Å². The van der Waals surface area contributed by atoms with Gasteiger partial charge in [0.05, 0.1) is 6.61 Å². The number of aryl methyl sites for hydroxylation is 1. The van der Waals surface area contributed by atoms with E-state index in [9.17, 15) is 4.79 Å². The van der Waals surface area contributed by atoms with Gasteiger partial charge >= 0.3 is 5.97 Å². The van der Waals surface area contributed by atoms with Gasteiger partial charge in [-0.1, -0.05) is 36.8 Å². The number of hydrogen-bond acceptors (Lipinski definition) is 2. The Hall–Kier alpha value is -1.31. The van der Waals surface area contributed by atoms with Gasteiger partial charge in [0, 0.05) is 6.42 Å². The SMILES string of the molecule is CCOC(=O)CC[C@H](C)c1ccc(C)cc1. The third kappa shape index (κ3) is 4.05. The number of benzene rings is 1. The molecule has 0 fully saturated rings. The van der Waals surface area contributed by atoms with Crippen LogP contribution < -0.4 is 0 Å². The average Bonchev–Trinajstić information content (AvgIpc) is 2.27. The predicted molar refractivity (Wildman–Crippen MR) is 65.5 cm³/mol. The molecule has 2 heteroatoms. The minimum atomic E-state index is -0.0959. The number of carbonyl (C=O) groups excluding carboxylic acids is 1. The van der Waals surface area contributed by atoms with Crippen LogP contribution in [0.1, 0.15) is 43.7 Å². The van der Waals surface area contributed by atoms with E-state index in [1.165, 1.54) is 11.1 Å². The van der Waals surface area contributed by atoms with Crippen LogP contribution in [0.4, 0.5) is 0 Å². The highest BCUT2D eigenvalue weighted by Gasteiger charge is 2.08. The monoisotopic (exact) mass is 220 g/mol. The van der Waals surface area contributed by atoms with E-state index in [0.717, 1.165) is 6.42 Å². The molecule has 16 heavy (non-hydrogen) atoms. The summed E-state index contributed by atoms with van der Waals surface area (Å²) in [6.45, 7) is 6.52. The fraction of sp³-hybridized carbons (Fsp3) is 0.500. The predicted octanol–water partition coefficient (Wildman–Crippen LogP) is 3.44. The highest BCUT2D eigenvalue weighted by molar-refractivity contribution is 5.69. The van der Waals surface area contributed by atoms with Crippen molar-refractivity contribution in [3.63, 3.8) is 0 Å². The van der Waals surface area contributed by atoms with Crippen molar-refractivity contribution in [3.8, 4) is 0 Å². The zero-order valence-corrected chi connectivity index (χ0v) is 10.3. The summed E-state index contributed by atoms with van der Waals surface area (Å²) in [5, 5.41) is 0. The molecule has 2 nitrogen and oxygen atoms in total. The van der Waals surface area contributed by atoms with Gasteiger partial charge in [-0.05, 0) is 31.7 Å². The molecule has 0 radical (unpaired) electrons. The molecule has 1 atom stereocenters. The van der Waals surface area contributed by atoms with Gasteiger partial charge in [0.15, 0.2) is 0 Å². The first-order valence-corrected chi connectivity index (χ1v) is 5.85. The van der Waals surface area contributed by atoms with Crippen molar-refractivity contribution in [3.05, 3.63) is 35.4 Å². The molecule has 1 aromatic rings. The van der Waals surface area contributed by atoms with Crippen LogP contribution in [-0.2, 0) is 9.53 Å². The van der Waals surface area contributed by atoms with Crippen LogP contribution in [0, 0.1) is 6.92 Å². The number of hydrogen-bond donors (Lipinski definition) is 0. The molecule has 0 bridgehead atoms. The first kappa shape index (κ1) is 12.8. The van der Waals surface area contributed by atoms with Gasteiger partial charge < -0.3 is 4.74 Å². The fourth-order valence-electron chi connectivity index (χ4n) is 1.63. The molecule has 0 aromatic heterocycles. The molecule has 1 aromatic carbocycles. The average molecular weight is 220 g/mol. The largest absolute Gasteiger partial charge is 0.466 e. The molecule has 0 N–H and O–H groups in total. The molecule has 0 amide bonds. The maximum atomic E-state index is 11.2. The lowest BCUT2D eigenvalue weighted by atomic mass is 9.95. The third-order valence-corrected chi connectivity index (χ3v) is 2.73. The normalized spacial score (nSPS) is 12.2. The van der Waals surface area contributed by atoms with Gasteiger partial charge in [-0.25, -0.2) is 0 Å². The second kappa shape index (κ2) is 6.31. The third-order valence-electron chi connectivity index (χ3n) is 2.73. The molecule has 0 saturated carbocycles. The second-order valence-corrected chi connectivity index (χ2v) is 4.16. The van der Waals surface area contributed by atoms with Crippen molar-refractivity contribution in [2.45, 2.75) is 39.5 Å². The van der Waals surface area contributed by atoms with Crippen LogP contribution in [0.2, 0.25) is 0 Å². The van der Waals surface area contributed by atoms with Crippen LogP contribution in [0.3, 0.4) is 0 Å². The van der Waals surface area contributed by atoms with Crippen molar-refractivity contribution < 1.29 is 9.53 Å². The lowest BCUT2D eigenvalue weighted by Crippen LogP contribution is -2.05. The van der Waals surface area contributed by atoms with E-state index in [4.69, 9.17) is 4.74 Å². The number of rotatable bonds is 5. The van der Waals surface area contributed by atoms with Crippen molar-refractivity contribution in [1.82, 2.24) is 0 Å². The highest BCUT2D eigenvalue weighted by Crippen LogP contribution is 2.21. The van der Waals surface area contributed by atoms with E-state index in [0.29, 0.717) is 18.9 Å². The van der Waals surface area contributed by atoms with E-state index in [2.05, 4.69) is 38.1 Å². The molecule has 0 aliphatic heterocycles. The Morgan fingerprint density at radius 2 is 1.94 bits per heavy atom. The molecule has 1 rings (SSSR count). The van der Waals surface area contributed by atoms with Crippen LogP contribution in [0.25, 0.3) is 0 Å². The van der Waals surface area contributed by atoms with Gasteiger partial charge in [0.2, 0.25) is 0 Å². The first-order valence-electron chi connectivity index (χ1n) is 5.85. The topological polar surface area (TPSA) is 26.3 Å². The summed E-state index contributed by atoms with van der Waals surface area (Å²) < 4.78 is 4.91. The summed E-state index contributed by atoms with van der Waals surface area (Å²) in [5.41, 5.74) is 2.55. The summed E-state index contributed by atoms with van der Waals surface area (Å²) in [5.74, 6) is 0.312. The number of esters is 1. The van der Waals surface area contributed by atoms with Crippen LogP contribution in [-0.4, -0.2) is 12.6 Å². The minimum Gasteiger partial charge on any atom is -0.466 e. The quantitative estimate of drug-likeness (QED) is 0.710. The minimum absolute atomic E-state index is 0.0959. The van der Waals surface area contributed by atoms with Gasteiger partial charge in [-0.3, -0.25) is 4.79 Å². The Morgan fingerprint density at radius 1 is 1.31 bits per heavy atom. The fourth-order valence-corrected chi connectivity index (χ4v) is 1.63. The van der Waals surface area contributed by atoms with Crippen LogP contribution in [0.15, 0.2) is 24.3 Å². The maximum Gasteiger partial charge on any atom is 0.305 e. The van der Waals surface area contributed by atoms with Gasteiger partial charge in [0.25, 0.3) is 0 Å². The van der Waals surface area contributed by atoms with Crippen molar-refractivity contribution in [1.29, 1.82) is 0 Å².